The molecule has 0 saturated heterocycles. The molecule has 0 fully saturated rings. The highest BCUT2D eigenvalue weighted by atomic mass is 16.5. The number of benzene rings is 7. The molecule has 0 spiro atoms. The Morgan fingerprint density at radius 1 is 0.436 bits per heavy atom. The Bertz CT molecular complexity index is 2000. The molecule has 39 heavy (non-hydrogen) atoms. The van der Waals surface area contributed by atoms with Crippen LogP contribution >= 0.6 is 0 Å². The van der Waals surface area contributed by atoms with Crippen LogP contribution in [0.2, 0.25) is 0 Å². The van der Waals surface area contributed by atoms with Gasteiger partial charge in [-0.25, -0.2) is 0 Å². The molecule has 0 aliphatic heterocycles. The van der Waals surface area contributed by atoms with E-state index in [1.54, 1.807) is 0 Å². The smallest absolute Gasteiger partial charge is 0.127 e. The second-order valence-corrected chi connectivity index (χ2v) is 9.76. The average molecular weight is 499 g/mol. The van der Waals surface area contributed by atoms with Crippen LogP contribution in [0.25, 0.3) is 65.7 Å². The van der Waals surface area contributed by atoms with Crippen LogP contribution in [-0.4, -0.2) is 0 Å². The van der Waals surface area contributed by atoms with E-state index in [1.807, 2.05) is 6.07 Å². The minimum Gasteiger partial charge on any atom is -0.466 e. The number of hydrogen-bond donors (Lipinski definition) is 0. The van der Waals surface area contributed by atoms with E-state index in [9.17, 15) is 0 Å². The van der Waals surface area contributed by atoms with Crippen LogP contribution in [0.15, 0.2) is 152 Å². The van der Waals surface area contributed by atoms with Crippen molar-refractivity contribution in [3.8, 4) is 39.1 Å². The quantitative estimate of drug-likeness (QED) is 0.169. The maximum Gasteiger partial charge on any atom is 0.127 e. The van der Waals surface area contributed by atoms with Gasteiger partial charge in [-0.2, -0.15) is 0 Å². The average Bonchev–Trinajstić information content (AvgIpc) is 3.00. The molecule has 0 aliphatic rings. The van der Waals surface area contributed by atoms with Gasteiger partial charge in [-0.15, -0.1) is 0 Å². The van der Waals surface area contributed by atoms with E-state index in [0.29, 0.717) is 0 Å². The first-order chi connectivity index (χ1) is 19.3. The van der Waals surface area contributed by atoms with E-state index in [0.717, 1.165) is 11.1 Å². The molecule has 0 saturated carbocycles. The zero-order valence-electron chi connectivity index (χ0n) is 21.5. The minimum absolute atomic E-state index is 0.774. The van der Waals surface area contributed by atoms with E-state index in [2.05, 4.69) is 140 Å². The largest absolute Gasteiger partial charge is 0.466 e. The van der Waals surface area contributed by atoms with Crippen LogP contribution in [0.1, 0.15) is 0 Å². The van der Waals surface area contributed by atoms with Gasteiger partial charge in [0.2, 0.25) is 0 Å². The van der Waals surface area contributed by atoms with Crippen LogP contribution in [0.5, 0.6) is 5.75 Å². The third-order valence-corrected chi connectivity index (χ3v) is 7.53. The fourth-order valence-electron chi connectivity index (χ4n) is 5.84. The second kappa shape index (κ2) is 9.63. The van der Waals surface area contributed by atoms with Gasteiger partial charge in [-0.3, -0.25) is 0 Å². The van der Waals surface area contributed by atoms with E-state index in [-0.39, 0.29) is 0 Å². The summed E-state index contributed by atoms with van der Waals surface area (Å²) >= 11 is 0. The van der Waals surface area contributed by atoms with Crippen LogP contribution < -0.4 is 4.74 Å². The summed E-state index contributed by atoms with van der Waals surface area (Å²) < 4.78 is 5.80. The molecule has 7 aromatic carbocycles. The molecule has 0 radical (unpaired) electrons. The van der Waals surface area contributed by atoms with Crippen molar-refractivity contribution in [3.05, 3.63) is 152 Å². The predicted octanol–water partition coefficient (Wildman–Crippen LogP) is 10.7. The number of rotatable bonds is 5. The van der Waals surface area contributed by atoms with Gasteiger partial charge in [0, 0.05) is 0 Å². The van der Waals surface area contributed by atoms with Crippen molar-refractivity contribution in [3.63, 3.8) is 0 Å². The summed E-state index contributed by atoms with van der Waals surface area (Å²) in [4.78, 5) is 0. The van der Waals surface area contributed by atoms with Crippen LogP contribution in [-0.2, 0) is 0 Å². The van der Waals surface area contributed by atoms with Gasteiger partial charge < -0.3 is 4.74 Å². The highest BCUT2D eigenvalue weighted by Gasteiger charge is 2.19. The van der Waals surface area contributed by atoms with Crippen molar-refractivity contribution in [1.82, 2.24) is 0 Å². The normalized spacial score (nSPS) is 11.2. The lowest BCUT2D eigenvalue weighted by Gasteiger charge is -2.20. The van der Waals surface area contributed by atoms with Gasteiger partial charge in [0.25, 0.3) is 0 Å². The van der Waals surface area contributed by atoms with E-state index < -0.39 is 0 Å². The van der Waals surface area contributed by atoms with E-state index in [4.69, 9.17) is 4.74 Å². The molecule has 0 heterocycles. The molecular formula is C38H26O. The molecule has 0 aliphatic carbocycles. The van der Waals surface area contributed by atoms with Gasteiger partial charge in [-0.1, -0.05) is 128 Å². The minimum atomic E-state index is 0.774. The Morgan fingerprint density at radius 2 is 1.08 bits per heavy atom. The van der Waals surface area contributed by atoms with Gasteiger partial charge >= 0.3 is 0 Å². The van der Waals surface area contributed by atoms with Gasteiger partial charge in [-0.05, 0) is 83.9 Å². The van der Waals surface area contributed by atoms with Crippen molar-refractivity contribution < 1.29 is 4.74 Å². The maximum absolute atomic E-state index is 5.80. The van der Waals surface area contributed by atoms with Crippen molar-refractivity contribution in [1.29, 1.82) is 0 Å². The summed E-state index contributed by atoms with van der Waals surface area (Å²) in [7, 11) is 0. The molecule has 0 aromatic heterocycles. The molecule has 0 bridgehead atoms. The molecule has 0 atom stereocenters. The van der Waals surface area contributed by atoms with Crippen molar-refractivity contribution in [2.45, 2.75) is 0 Å². The molecule has 1 nitrogen and oxygen atoms in total. The predicted molar refractivity (Wildman–Crippen MR) is 166 cm³/mol. The summed E-state index contributed by atoms with van der Waals surface area (Å²) in [6, 6.07) is 49.8. The molecule has 184 valence electrons. The molecule has 1 heteroatoms. The maximum atomic E-state index is 5.80. The Balaban J connectivity index is 1.63. The Labute approximate surface area is 228 Å². The monoisotopic (exact) mass is 498 g/mol. The first-order valence-corrected chi connectivity index (χ1v) is 13.2. The molecule has 0 N–H and O–H groups in total. The Morgan fingerprint density at radius 3 is 1.87 bits per heavy atom. The topological polar surface area (TPSA) is 9.23 Å². The van der Waals surface area contributed by atoms with Gasteiger partial charge in [0.15, 0.2) is 0 Å². The molecule has 0 unspecified atom stereocenters. The third-order valence-electron chi connectivity index (χ3n) is 7.53. The zero-order valence-corrected chi connectivity index (χ0v) is 21.5. The fraction of sp³-hybridized carbons (Fsp3) is 0. The summed E-state index contributed by atoms with van der Waals surface area (Å²) in [5, 5.41) is 7.27. The van der Waals surface area contributed by atoms with Gasteiger partial charge in [0.05, 0.1) is 6.26 Å². The SMILES string of the molecule is C=COc1ccc2c(-c3ccc4ccccc4c3)c3ccccc3c(-c3ccccc3-c3ccccc3)c2c1. The lowest BCUT2D eigenvalue weighted by molar-refractivity contribution is 0.484. The Hall–Kier alpha value is -5.14. The lowest BCUT2D eigenvalue weighted by atomic mass is 9.83. The molecule has 0 amide bonds. The van der Waals surface area contributed by atoms with Crippen LogP contribution in [0.3, 0.4) is 0 Å². The third kappa shape index (κ3) is 3.96. The molecular weight excluding hydrogens is 472 g/mol. The fourth-order valence-corrected chi connectivity index (χ4v) is 5.84. The molecule has 7 rings (SSSR count). The zero-order chi connectivity index (χ0) is 26.2. The highest BCUT2D eigenvalue weighted by molar-refractivity contribution is 6.23. The second-order valence-electron chi connectivity index (χ2n) is 9.76. The number of hydrogen-bond acceptors (Lipinski definition) is 1. The van der Waals surface area contributed by atoms with Crippen molar-refractivity contribution in [2.24, 2.45) is 0 Å². The molecule has 7 aromatic rings. The summed E-state index contributed by atoms with van der Waals surface area (Å²) in [5.74, 6) is 0.774. The van der Waals surface area contributed by atoms with Gasteiger partial charge in [0.1, 0.15) is 5.75 Å². The first-order valence-electron chi connectivity index (χ1n) is 13.2. The van der Waals surface area contributed by atoms with Crippen molar-refractivity contribution >= 4 is 32.3 Å². The Kier molecular flexibility index (Phi) is 5.68. The number of fused-ring (bicyclic) bond motifs is 3. The summed E-state index contributed by atoms with van der Waals surface area (Å²) in [5.41, 5.74) is 7.25. The van der Waals surface area contributed by atoms with Crippen LogP contribution in [0.4, 0.5) is 0 Å². The highest BCUT2D eigenvalue weighted by Crippen LogP contribution is 2.47. The summed E-state index contributed by atoms with van der Waals surface area (Å²) in [6.07, 6.45) is 1.49. The van der Waals surface area contributed by atoms with Crippen molar-refractivity contribution in [2.75, 3.05) is 0 Å². The van der Waals surface area contributed by atoms with E-state index >= 15 is 0 Å². The van der Waals surface area contributed by atoms with Crippen LogP contribution in [0, 0.1) is 0 Å². The lowest BCUT2D eigenvalue weighted by Crippen LogP contribution is -1.93. The summed E-state index contributed by atoms with van der Waals surface area (Å²) in [6.45, 7) is 3.79. The van der Waals surface area contributed by atoms with E-state index in [1.165, 1.54) is 66.6 Å². The standard InChI is InChI=1S/C38H26O/c1-2-39-30-22-23-35-36(25-30)38(32-17-9-8-16-31(32)27-13-4-3-5-14-27)34-19-11-10-18-33(34)37(35)29-21-20-26-12-6-7-15-28(26)24-29/h2-25H,1H2. The first kappa shape index (κ1) is 23.0. The number of ether oxygens (including phenoxy) is 1.